The van der Waals surface area contributed by atoms with Crippen molar-refractivity contribution in [2.45, 2.75) is 19.3 Å². The summed E-state index contributed by atoms with van der Waals surface area (Å²) in [7, 11) is 0. The van der Waals surface area contributed by atoms with Crippen LogP contribution in [0.25, 0.3) is 0 Å². The molecule has 0 aliphatic carbocycles. The largest absolute Gasteiger partial charge is 0.457 e. The Labute approximate surface area is 175 Å². The summed E-state index contributed by atoms with van der Waals surface area (Å²) in [4.78, 5) is 29.6. The predicted octanol–water partition coefficient (Wildman–Crippen LogP) is 4.44. The maximum absolute atomic E-state index is 12.4. The summed E-state index contributed by atoms with van der Waals surface area (Å²) in [5.74, 6) is 0.677. The minimum Gasteiger partial charge on any atom is -0.457 e. The van der Waals surface area contributed by atoms with Crippen molar-refractivity contribution in [1.29, 1.82) is 0 Å². The zero-order chi connectivity index (χ0) is 21.4. The lowest BCUT2D eigenvalue weighted by atomic mass is 9.84. The summed E-state index contributed by atoms with van der Waals surface area (Å²) in [6.45, 7) is 3.28. The van der Waals surface area contributed by atoms with E-state index in [4.69, 9.17) is 9.57 Å². The summed E-state index contributed by atoms with van der Waals surface area (Å²) < 4.78 is 5.71. The minimum atomic E-state index is -0.785. The lowest BCUT2D eigenvalue weighted by molar-refractivity contribution is -0.141. The van der Waals surface area contributed by atoms with Crippen molar-refractivity contribution in [2.24, 2.45) is 0 Å². The number of benzene rings is 3. The molecule has 0 aliphatic rings. The average molecular weight is 404 g/mol. The highest BCUT2D eigenvalue weighted by atomic mass is 16.7. The second kappa shape index (κ2) is 9.71. The smallest absolute Gasteiger partial charge is 0.253 e. The fourth-order valence-corrected chi connectivity index (χ4v) is 2.71. The molecule has 3 aromatic carbocycles. The molecule has 0 saturated carbocycles. The van der Waals surface area contributed by atoms with E-state index < -0.39 is 5.41 Å². The third-order valence-electron chi connectivity index (χ3n) is 4.55. The lowest BCUT2D eigenvalue weighted by Gasteiger charge is -2.23. The lowest BCUT2D eigenvalue weighted by Crippen LogP contribution is -2.41. The molecule has 0 heterocycles. The van der Waals surface area contributed by atoms with Gasteiger partial charge in [0.05, 0.1) is 5.41 Å². The SMILES string of the molecule is CC(C)(C(=O)NOCC(=O)Nc1ccc(Oc2ccccc2)cc1)c1ccccc1. The van der Waals surface area contributed by atoms with Crippen molar-refractivity contribution in [1.82, 2.24) is 5.48 Å². The number of hydrogen-bond acceptors (Lipinski definition) is 4. The Morgan fingerprint density at radius 3 is 2.00 bits per heavy atom. The molecule has 0 bridgehead atoms. The van der Waals surface area contributed by atoms with Crippen LogP contribution >= 0.6 is 0 Å². The van der Waals surface area contributed by atoms with Gasteiger partial charge in [0.15, 0.2) is 6.61 Å². The van der Waals surface area contributed by atoms with Crippen LogP contribution in [0.4, 0.5) is 5.69 Å². The van der Waals surface area contributed by atoms with Gasteiger partial charge in [-0.1, -0.05) is 48.5 Å². The van der Waals surface area contributed by atoms with Gasteiger partial charge in [-0.2, -0.15) is 0 Å². The molecule has 30 heavy (non-hydrogen) atoms. The summed E-state index contributed by atoms with van der Waals surface area (Å²) in [5, 5.41) is 2.71. The van der Waals surface area contributed by atoms with E-state index in [9.17, 15) is 9.59 Å². The Bertz CT molecular complexity index is 971. The van der Waals surface area contributed by atoms with E-state index in [2.05, 4.69) is 10.8 Å². The van der Waals surface area contributed by atoms with Gasteiger partial charge in [-0.3, -0.25) is 14.4 Å². The molecule has 0 atom stereocenters. The first-order valence-electron chi connectivity index (χ1n) is 9.56. The zero-order valence-corrected chi connectivity index (χ0v) is 16.9. The summed E-state index contributed by atoms with van der Waals surface area (Å²) >= 11 is 0. The van der Waals surface area contributed by atoms with E-state index in [1.54, 1.807) is 38.1 Å². The van der Waals surface area contributed by atoms with E-state index in [1.165, 1.54) is 0 Å². The van der Waals surface area contributed by atoms with Crippen molar-refractivity contribution >= 4 is 17.5 Å². The van der Waals surface area contributed by atoms with Crippen LogP contribution in [-0.2, 0) is 19.8 Å². The van der Waals surface area contributed by atoms with Gasteiger partial charge >= 0.3 is 0 Å². The van der Waals surface area contributed by atoms with Crippen molar-refractivity contribution in [3.63, 3.8) is 0 Å². The van der Waals surface area contributed by atoms with Gasteiger partial charge in [-0.05, 0) is 55.8 Å². The number of hydroxylamine groups is 1. The van der Waals surface area contributed by atoms with E-state index in [1.807, 2.05) is 60.7 Å². The van der Waals surface area contributed by atoms with Crippen LogP contribution in [0.5, 0.6) is 11.5 Å². The molecule has 0 saturated heterocycles. The fourth-order valence-electron chi connectivity index (χ4n) is 2.71. The number of rotatable bonds is 8. The van der Waals surface area contributed by atoms with Gasteiger partial charge < -0.3 is 10.1 Å². The maximum Gasteiger partial charge on any atom is 0.253 e. The molecule has 154 valence electrons. The molecule has 6 heteroatoms. The van der Waals surface area contributed by atoms with Crippen molar-refractivity contribution in [3.05, 3.63) is 90.5 Å². The molecule has 0 aliphatic heterocycles. The third-order valence-corrected chi connectivity index (χ3v) is 4.55. The van der Waals surface area contributed by atoms with Crippen LogP contribution in [-0.4, -0.2) is 18.4 Å². The first kappa shape index (κ1) is 21.1. The van der Waals surface area contributed by atoms with Crippen LogP contribution in [0.2, 0.25) is 0 Å². The van der Waals surface area contributed by atoms with Gasteiger partial charge in [-0.25, -0.2) is 5.48 Å². The highest BCUT2D eigenvalue weighted by Gasteiger charge is 2.29. The van der Waals surface area contributed by atoms with E-state index >= 15 is 0 Å². The highest BCUT2D eigenvalue weighted by Crippen LogP contribution is 2.23. The Morgan fingerprint density at radius 2 is 1.37 bits per heavy atom. The Morgan fingerprint density at radius 1 is 0.800 bits per heavy atom. The molecule has 0 aromatic heterocycles. The Kier molecular flexibility index (Phi) is 6.83. The summed E-state index contributed by atoms with van der Waals surface area (Å²) in [5.41, 5.74) is 3.02. The van der Waals surface area contributed by atoms with Gasteiger partial charge in [-0.15, -0.1) is 0 Å². The molecule has 2 amide bonds. The Balaban J connectivity index is 1.45. The number of amides is 2. The minimum absolute atomic E-state index is 0.307. The standard InChI is InChI=1S/C24H24N2O4/c1-24(2,18-9-5-3-6-10-18)23(28)26-29-17-22(27)25-19-13-15-21(16-14-19)30-20-11-7-4-8-12-20/h3-16H,17H2,1-2H3,(H,25,27)(H,26,28). The van der Waals surface area contributed by atoms with Crippen LogP contribution < -0.4 is 15.5 Å². The third kappa shape index (κ3) is 5.68. The monoisotopic (exact) mass is 404 g/mol. The number of nitrogens with one attached hydrogen (secondary N) is 2. The topological polar surface area (TPSA) is 76.7 Å². The number of anilines is 1. The van der Waals surface area contributed by atoms with Gasteiger partial charge in [0.2, 0.25) is 0 Å². The summed E-state index contributed by atoms with van der Waals surface area (Å²) in [6, 6.07) is 25.8. The number of ether oxygens (including phenoxy) is 1. The molecule has 3 aromatic rings. The molecule has 2 N–H and O–H groups in total. The number of hydrogen-bond donors (Lipinski definition) is 2. The van der Waals surface area contributed by atoms with Gasteiger partial charge in [0.25, 0.3) is 11.8 Å². The van der Waals surface area contributed by atoms with Gasteiger partial charge in [0, 0.05) is 5.69 Å². The maximum atomic E-state index is 12.4. The molecular weight excluding hydrogens is 380 g/mol. The van der Waals surface area contributed by atoms with Crippen LogP contribution in [0.1, 0.15) is 19.4 Å². The average Bonchev–Trinajstić information content (AvgIpc) is 2.76. The van der Waals surface area contributed by atoms with Crippen LogP contribution in [0.15, 0.2) is 84.9 Å². The molecule has 0 radical (unpaired) electrons. The zero-order valence-electron chi connectivity index (χ0n) is 16.9. The first-order chi connectivity index (χ1) is 14.4. The second-order valence-corrected chi connectivity index (χ2v) is 7.20. The molecule has 0 spiro atoms. The van der Waals surface area contributed by atoms with Gasteiger partial charge in [0.1, 0.15) is 11.5 Å². The highest BCUT2D eigenvalue weighted by molar-refractivity contribution is 5.92. The second-order valence-electron chi connectivity index (χ2n) is 7.20. The van der Waals surface area contributed by atoms with E-state index in [0.29, 0.717) is 11.4 Å². The quantitative estimate of drug-likeness (QED) is 0.544. The molecule has 0 fully saturated rings. The number of para-hydroxylation sites is 1. The van der Waals surface area contributed by atoms with Crippen LogP contribution in [0, 0.1) is 0 Å². The van der Waals surface area contributed by atoms with Crippen molar-refractivity contribution in [3.8, 4) is 11.5 Å². The summed E-state index contributed by atoms with van der Waals surface area (Å²) in [6.07, 6.45) is 0. The fraction of sp³-hybridized carbons (Fsp3) is 0.167. The van der Waals surface area contributed by atoms with Crippen molar-refractivity contribution in [2.75, 3.05) is 11.9 Å². The Hall–Kier alpha value is -3.64. The molecule has 6 nitrogen and oxygen atoms in total. The van der Waals surface area contributed by atoms with E-state index in [0.717, 1.165) is 11.3 Å². The molecule has 3 rings (SSSR count). The van der Waals surface area contributed by atoms with Crippen molar-refractivity contribution < 1.29 is 19.2 Å². The molecular formula is C24H24N2O4. The number of carbonyl (C=O) groups excluding carboxylic acids is 2. The van der Waals surface area contributed by atoms with E-state index in [-0.39, 0.29) is 18.4 Å². The number of carbonyl (C=O) groups is 2. The van der Waals surface area contributed by atoms with Crippen LogP contribution in [0.3, 0.4) is 0 Å². The molecule has 0 unspecified atom stereocenters. The first-order valence-corrected chi connectivity index (χ1v) is 9.56. The predicted molar refractivity (Wildman–Crippen MR) is 115 cm³/mol. The normalized spacial score (nSPS) is 10.9.